The molecule has 1 aliphatic heterocycles. The van der Waals surface area contributed by atoms with E-state index in [2.05, 4.69) is 5.32 Å². The SMILES string of the molecule is Cc1ccn(CC(=O)c2ccc3c(c2)NC(=O)CO3)c(=O)c1. The first-order valence-electron chi connectivity index (χ1n) is 6.80. The Labute approximate surface area is 126 Å². The van der Waals surface area contributed by atoms with Gasteiger partial charge in [-0.3, -0.25) is 14.4 Å². The molecular weight excluding hydrogens is 284 g/mol. The van der Waals surface area contributed by atoms with Crippen molar-refractivity contribution in [1.82, 2.24) is 4.57 Å². The number of carbonyl (C=O) groups is 2. The van der Waals surface area contributed by atoms with Gasteiger partial charge >= 0.3 is 0 Å². The topological polar surface area (TPSA) is 77.4 Å². The number of benzene rings is 1. The van der Waals surface area contributed by atoms with Crippen molar-refractivity contribution < 1.29 is 14.3 Å². The number of carbonyl (C=O) groups excluding carboxylic acids is 2. The molecule has 0 bridgehead atoms. The van der Waals surface area contributed by atoms with E-state index < -0.39 is 0 Å². The highest BCUT2D eigenvalue weighted by Gasteiger charge is 2.18. The van der Waals surface area contributed by atoms with Gasteiger partial charge in [0.25, 0.3) is 11.5 Å². The molecular formula is C16H14N2O4. The maximum absolute atomic E-state index is 12.3. The molecule has 0 unspecified atom stereocenters. The number of amides is 1. The van der Waals surface area contributed by atoms with Gasteiger partial charge in [-0.25, -0.2) is 0 Å². The van der Waals surface area contributed by atoms with Gasteiger partial charge in [-0.15, -0.1) is 0 Å². The van der Waals surface area contributed by atoms with Crippen molar-refractivity contribution in [3.63, 3.8) is 0 Å². The second-order valence-corrected chi connectivity index (χ2v) is 5.14. The van der Waals surface area contributed by atoms with Crippen molar-refractivity contribution >= 4 is 17.4 Å². The summed E-state index contributed by atoms with van der Waals surface area (Å²) in [7, 11) is 0. The number of hydrogen-bond donors (Lipinski definition) is 1. The number of anilines is 1. The van der Waals surface area contributed by atoms with E-state index >= 15 is 0 Å². The van der Waals surface area contributed by atoms with Gasteiger partial charge < -0.3 is 14.6 Å². The van der Waals surface area contributed by atoms with Crippen LogP contribution in [0.4, 0.5) is 5.69 Å². The minimum Gasteiger partial charge on any atom is -0.482 e. The normalized spacial score (nSPS) is 13.0. The molecule has 0 fully saturated rings. The predicted molar refractivity (Wildman–Crippen MR) is 80.3 cm³/mol. The number of nitrogens with zero attached hydrogens (tertiary/aromatic N) is 1. The van der Waals surface area contributed by atoms with Crippen LogP contribution in [0, 0.1) is 6.92 Å². The summed E-state index contributed by atoms with van der Waals surface area (Å²) in [4.78, 5) is 35.4. The molecule has 6 heteroatoms. The Bertz CT molecular complexity index is 823. The Hall–Kier alpha value is -2.89. The third-order valence-electron chi connectivity index (χ3n) is 3.40. The molecule has 2 heterocycles. The lowest BCUT2D eigenvalue weighted by molar-refractivity contribution is -0.118. The van der Waals surface area contributed by atoms with Gasteiger partial charge in [-0.05, 0) is 36.8 Å². The average molecular weight is 298 g/mol. The molecule has 22 heavy (non-hydrogen) atoms. The summed E-state index contributed by atoms with van der Waals surface area (Å²) < 4.78 is 6.59. The number of hydrogen-bond acceptors (Lipinski definition) is 4. The fourth-order valence-corrected chi connectivity index (χ4v) is 2.24. The lowest BCUT2D eigenvalue weighted by Gasteiger charge is -2.18. The highest BCUT2D eigenvalue weighted by Crippen LogP contribution is 2.28. The van der Waals surface area contributed by atoms with Crippen molar-refractivity contribution in [3.8, 4) is 5.75 Å². The number of fused-ring (bicyclic) bond motifs is 1. The Balaban J connectivity index is 1.85. The van der Waals surface area contributed by atoms with E-state index in [1.807, 2.05) is 6.92 Å². The first kappa shape index (κ1) is 14.1. The molecule has 0 saturated heterocycles. The van der Waals surface area contributed by atoms with Crippen LogP contribution in [-0.4, -0.2) is 22.9 Å². The lowest BCUT2D eigenvalue weighted by Crippen LogP contribution is -2.26. The number of Topliss-reactive ketones (excluding diaryl/α,β-unsaturated/α-hetero) is 1. The average Bonchev–Trinajstić information content (AvgIpc) is 2.49. The summed E-state index contributed by atoms with van der Waals surface area (Å²) in [6.45, 7) is 1.74. The first-order valence-corrected chi connectivity index (χ1v) is 6.80. The zero-order chi connectivity index (χ0) is 15.7. The molecule has 3 rings (SSSR count). The summed E-state index contributed by atoms with van der Waals surface area (Å²) in [5, 5.41) is 2.65. The van der Waals surface area contributed by atoms with E-state index in [0.717, 1.165) is 5.56 Å². The Morgan fingerprint density at radius 1 is 1.27 bits per heavy atom. The summed E-state index contributed by atoms with van der Waals surface area (Å²) in [6.07, 6.45) is 1.60. The molecule has 6 nitrogen and oxygen atoms in total. The van der Waals surface area contributed by atoms with Gasteiger partial charge in [0.1, 0.15) is 5.75 Å². The molecule has 1 N–H and O–H groups in total. The van der Waals surface area contributed by atoms with Crippen LogP contribution < -0.4 is 15.6 Å². The third-order valence-corrected chi connectivity index (χ3v) is 3.40. The molecule has 1 aromatic carbocycles. The zero-order valence-corrected chi connectivity index (χ0v) is 12.0. The Morgan fingerprint density at radius 2 is 2.09 bits per heavy atom. The first-order chi connectivity index (χ1) is 10.5. The van der Waals surface area contributed by atoms with Gasteiger partial charge in [0.2, 0.25) is 0 Å². The van der Waals surface area contributed by atoms with Gasteiger partial charge in [0.05, 0.1) is 12.2 Å². The van der Waals surface area contributed by atoms with Crippen LogP contribution in [0.5, 0.6) is 5.75 Å². The maximum Gasteiger partial charge on any atom is 0.262 e. The molecule has 2 aromatic rings. The van der Waals surface area contributed by atoms with Crippen LogP contribution in [0.3, 0.4) is 0 Å². The molecule has 0 radical (unpaired) electrons. The molecule has 0 aliphatic carbocycles. The lowest BCUT2D eigenvalue weighted by atomic mass is 10.1. The number of ether oxygens (including phenoxy) is 1. The third kappa shape index (κ3) is 2.76. The van der Waals surface area contributed by atoms with Crippen molar-refractivity contribution in [2.45, 2.75) is 13.5 Å². The second-order valence-electron chi connectivity index (χ2n) is 5.14. The molecule has 0 spiro atoms. The van der Waals surface area contributed by atoms with Gasteiger partial charge in [0.15, 0.2) is 12.4 Å². The largest absolute Gasteiger partial charge is 0.482 e. The maximum atomic E-state index is 12.3. The van der Waals surface area contributed by atoms with Gasteiger partial charge in [0, 0.05) is 17.8 Å². The van der Waals surface area contributed by atoms with Crippen LogP contribution in [-0.2, 0) is 11.3 Å². The van der Waals surface area contributed by atoms with Crippen LogP contribution in [0.25, 0.3) is 0 Å². The van der Waals surface area contributed by atoms with E-state index in [1.165, 1.54) is 10.6 Å². The van der Waals surface area contributed by atoms with Crippen molar-refractivity contribution in [2.75, 3.05) is 11.9 Å². The van der Waals surface area contributed by atoms with Crippen molar-refractivity contribution in [3.05, 3.63) is 58.0 Å². The molecule has 0 atom stereocenters. The molecule has 1 aromatic heterocycles. The van der Waals surface area contributed by atoms with E-state index in [4.69, 9.17) is 4.74 Å². The van der Waals surface area contributed by atoms with Gasteiger partial charge in [-0.1, -0.05) is 0 Å². The van der Waals surface area contributed by atoms with E-state index in [1.54, 1.807) is 30.5 Å². The van der Waals surface area contributed by atoms with E-state index in [-0.39, 0.29) is 30.4 Å². The fourth-order valence-electron chi connectivity index (χ4n) is 2.24. The smallest absolute Gasteiger partial charge is 0.262 e. The minimum absolute atomic E-state index is 0.0287. The van der Waals surface area contributed by atoms with Crippen LogP contribution in [0.15, 0.2) is 41.3 Å². The van der Waals surface area contributed by atoms with Crippen molar-refractivity contribution in [2.24, 2.45) is 0 Å². The quantitative estimate of drug-likeness (QED) is 0.868. The molecule has 1 amide bonds. The van der Waals surface area contributed by atoms with Crippen LogP contribution in [0.2, 0.25) is 0 Å². The van der Waals surface area contributed by atoms with Crippen LogP contribution >= 0.6 is 0 Å². The fraction of sp³-hybridized carbons (Fsp3) is 0.188. The number of rotatable bonds is 3. The highest BCUT2D eigenvalue weighted by atomic mass is 16.5. The predicted octanol–water partition coefficient (Wildman–Crippen LogP) is 1.37. The zero-order valence-electron chi connectivity index (χ0n) is 12.0. The summed E-state index contributed by atoms with van der Waals surface area (Å²) in [5.74, 6) is 0.0593. The monoisotopic (exact) mass is 298 g/mol. The van der Waals surface area contributed by atoms with E-state index in [0.29, 0.717) is 17.0 Å². The highest BCUT2D eigenvalue weighted by molar-refractivity contribution is 6.00. The Kier molecular flexibility index (Phi) is 3.50. The molecule has 1 aliphatic rings. The van der Waals surface area contributed by atoms with E-state index in [9.17, 15) is 14.4 Å². The summed E-state index contributed by atoms with van der Waals surface area (Å²) >= 11 is 0. The number of aryl methyl sites for hydroxylation is 1. The molecule has 112 valence electrons. The number of pyridine rings is 1. The standard InChI is InChI=1S/C16H14N2O4/c1-10-4-5-18(16(21)6-10)8-13(19)11-2-3-14-12(7-11)17-15(20)9-22-14/h2-7H,8-9H2,1H3,(H,17,20). The minimum atomic E-state index is -0.258. The van der Waals surface area contributed by atoms with Crippen molar-refractivity contribution in [1.29, 1.82) is 0 Å². The summed E-state index contributed by atoms with van der Waals surface area (Å²) in [5.41, 5.74) is 1.51. The molecule has 0 saturated carbocycles. The number of aromatic nitrogens is 1. The van der Waals surface area contributed by atoms with Gasteiger partial charge in [-0.2, -0.15) is 0 Å². The number of nitrogens with one attached hydrogen (secondary N) is 1. The van der Waals surface area contributed by atoms with Crippen LogP contribution in [0.1, 0.15) is 15.9 Å². The Morgan fingerprint density at radius 3 is 2.86 bits per heavy atom. The second kappa shape index (κ2) is 5.48. The summed E-state index contributed by atoms with van der Waals surface area (Å²) in [6, 6.07) is 8.08. The number of ketones is 1.